The molecule has 1 saturated carbocycles. The van der Waals surface area contributed by atoms with Crippen molar-refractivity contribution in [2.45, 2.75) is 25.7 Å². The average Bonchev–Trinajstić information content (AvgIpc) is 2.73. The van der Waals surface area contributed by atoms with Gasteiger partial charge >= 0.3 is 0 Å². The highest BCUT2D eigenvalue weighted by molar-refractivity contribution is 5.31. The average molecular weight is 222 g/mol. The molecule has 4 nitrogen and oxygen atoms in total. The van der Waals surface area contributed by atoms with Crippen LogP contribution in [-0.4, -0.2) is 22.9 Å². The van der Waals surface area contributed by atoms with Gasteiger partial charge in [-0.15, -0.1) is 0 Å². The summed E-state index contributed by atoms with van der Waals surface area (Å²) >= 11 is 0. The van der Waals surface area contributed by atoms with E-state index in [0.29, 0.717) is 0 Å². The van der Waals surface area contributed by atoms with E-state index in [-0.39, 0.29) is 0 Å². The highest BCUT2D eigenvalue weighted by Crippen LogP contribution is 2.28. The lowest BCUT2D eigenvalue weighted by molar-refractivity contribution is 0.289. The third-order valence-electron chi connectivity index (χ3n) is 3.59. The summed E-state index contributed by atoms with van der Waals surface area (Å²) in [5, 5.41) is 7.72. The van der Waals surface area contributed by atoms with Gasteiger partial charge in [-0.1, -0.05) is 0 Å². The van der Waals surface area contributed by atoms with E-state index in [1.165, 1.54) is 25.7 Å². The molecule has 0 bridgehead atoms. The van der Waals surface area contributed by atoms with Crippen LogP contribution >= 0.6 is 0 Å². The summed E-state index contributed by atoms with van der Waals surface area (Å²) in [6, 6.07) is 2.02. The maximum Gasteiger partial charge on any atom is 0.147 e. The van der Waals surface area contributed by atoms with Gasteiger partial charge in [0.2, 0.25) is 0 Å². The Hall–Kier alpha value is -1.03. The fourth-order valence-electron chi connectivity index (χ4n) is 2.43. The first-order valence-electron chi connectivity index (χ1n) is 6.21. The zero-order valence-corrected chi connectivity index (χ0v) is 10.0. The van der Waals surface area contributed by atoms with E-state index in [4.69, 9.17) is 5.73 Å². The topological polar surface area (TPSA) is 55.9 Å². The lowest BCUT2D eigenvalue weighted by Crippen LogP contribution is -2.25. The molecule has 1 aliphatic carbocycles. The van der Waals surface area contributed by atoms with Gasteiger partial charge in [-0.25, -0.2) is 0 Å². The minimum atomic E-state index is 0.770. The lowest BCUT2D eigenvalue weighted by atomic mass is 9.82. The second-order valence-corrected chi connectivity index (χ2v) is 4.88. The monoisotopic (exact) mass is 222 g/mol. The molecule has 90 valence electrons. The van der Waals surface area contributed by atoms with Crippen LogP contribution in [0.1, 0.15) is 25.7 Å². The molecule has 1 aliphatic rings. The van der Waals surface area contributed by atoms with E-state index < -0.39 is 0 Å². The van der Waals surface area contributed by atoms with Crippen LogP contribution < -0.4 is 11.1 Å². The fraction of sp³-hybridized carbons (Fsp3) is 0.750. The summed E-state index contributed by atoms with van der Waals surface area (Å²) in [7, 11) is 1.94. The van der Waals surface area contributed by atoms with Gasteiger partial charge in [-0.05, 0) is 44.1 Å². The Kier molecular flexibility index (Phi) is 3.83. The van der Waals surface area contributed by atoms with Gasteiger partial charge in [0, 0.05) is 25.9 Å². The van der Waals surface area contributed by atoms with E-state index in [2.05, 4.69) is 10.4 Å². The van der Waals surface area contributed by atoms with Gasteiger partial charge < -0.3 is 11.1 Å². The Balaban J connectivity index is 1.71. The first-order chi connectivity index (χ1) is 7.78. The molecule has 0 aliphatic heterocycles. The second-order valence-electron chi connectivity index (χ2n) is 4.88. The second kappa shape index (κ2) is 5.34. The highest BCUT2D eigenvalue weighted by atomic mass is 15.3. The molecular formula is C12H22N4. The summed E-state index contributed by atoms with van der Waals surface area (Å²) in [6.45, 7) is 1.91. The smallest absolute Gasteiger partial charge is 0.147 e. The fourth-order valence-corrected chi connectivity index (χ4v) is 2.43. The molecule has 0 atom stereocenters. The van der Waals surface area contributed by atoms with E-state index in [9.17, 15) is 0 Å². The molecule has 4 heteroatoms. The minimum Gasteiger partial charge on any atom is -0.368 e. The molecule has 0 radical (unpaired) electrons. The SMILES string of the molecule is Cn1ccc(NCC2CCC(CN)CC2)n1. The van der Waals surface area contributed by atoms with E-state index >= 15 is 0 Å². The molecule has 0 spiro atoms. The lowest BCUT2D eigenvalue weighted by Gasteiger charge is -2.27. The van der Waals surface area contributed by atoms with Crippen LogP contribution in [-0.2, 0) is 7.05 Å². The standard InChI is InChI=1S/C12H22N4/c1-16-7-6-12(15-16)14-9-11-4-2-10(8-13)3-5-11/h6-7,10-11H,2-5,8-9,13H2,1H3,(H,14,15). The summed E-state index contributed by atoms with van der Waals surface area (Å²) in [6.07, 6.45) is 7.17. The Bertz CT molecular complexity index is 313. The van der Waals surface area contributed by atoms with Gasteiger partial charge in [0.05, 0.1) is 0 Å². The number of hydrogen-bond acceptors (Lipinski definition) is 3. The van der Waals surface area contributed by atoms with Crippen LogP contribution in [0, 0.1) is 11.8 Å². The van der Waals surface area contributed by atoms with Gasteiger partial charge in [0.1, 0.15) is 5.82 Å². The van der Waals surface area contributed by atoms with Crippen LogP contribution in [0.4, 0.5) is 5.82 Å². The largest absolute Gasteiger partial charge is 0.368 e. The Morgan fingerprint density at radius 2 is 2.06 bits per heavy atom. The van der Waals surface area contributed by atoms with Crippen molar-refractivity contribution < 1.29 is 0 Å². The van der Waals surface area contributed by atoms with Crippen molar-refractivity contribution in [2.75, 3.05) is 18.4 Å². The van der Waals surface area contributed by atoms with Crippen LogP contribution in [0.25, 0.3) is 0 Å². The third-order valence-corrected chi connectivity index (χ3v) is 3.59. The summed E-state index contributed by atoms with van der Waals surface area (Å²) < 4.78 is 1.83. The summed E-state index contributed by atoms with van der Waals surface area (Å²) in [5.41, 5.74) is 5.69. The zero-order valence-electron chi connectivity index (χ0n) is 10.0. The maximum atomic E-state index is 5.69. The van der Waals surface area contributed by atoms with E-state index in [0.717, 1.165) is 30.7 Å². The number of nitrogens with one attached hydrogen (secondary N) is 1. The quantitative estimate of drug-likeness (QED) is 0.813. The van der Waals surface area contributed by atoms with E-state index in [1.807, 2.05) is 24.0 Å². The molecule has 1 aromatic rings. The Labute approximate surface area is 97.2 Å². The molecule has 0 unspecified atom stereocenters. The molecule has 2 rings (SSSR count). The predicted octanol–water partition coefficient (Wildman–Crippen LogP) is 1.60. The number of nitrogens with two attached hydrogens (primary N) is 1. The third kappa shape index (κ3) is 2.98. The van der Waals surface area contributed by atoms with Crippen molar-refractivity contribution in [2.24, 2.45) is 24.6 Å². The summed E-state index contributed by atoms with van der Waals surface area (Å²) in [4.78, 5) is 0. The van der Waals surface area contributed by atoms with Crippen LogP contribution in [0.5, 0.6) is 0 Å². The maximum absolute atomic E-state index is 5.69. The number of hydrogen-bond donors (Lipinski definition) is 2. The molecular weight excluding hydrogens is 200 g/mol. The van der Waals surface area contributed by atoms with Gasteiger partial charge in [-0.3, -0.25) is 4.68 Å². The Morgan fingerprint density at radius 1 is 1.38 bits per heavy atom. The zero-order chi connectivity index (χ0) is 11.4. The number of rotatable bonds is 4. The predicted molar refractivity (Wildman–Crippen MR) is 66.2 cm³/mol. The van der Waals surface area contributed by atoms with Crippen molar-refractivity contribution in [3.05, 3.63) is 12.3 Å². The molecule has 1 aromatic heterocycles. The molecule has 3 N–H and O–H groups in total. The van der Waals surface area contributed by atoms with Crippen molar-refractivity contribution in [1.29, 1.82) is 0 Å². The van der Waals surface area contributed by atoms with Crippen molar-refractivity contribution >= 4 is 5.82 Å². The molecule has 0 amide bonds. The van der Waals surface area contributed by atoms with E-state index in [1.54, 1.807) is 0 Å². The first kappa shape index (κ1) is 11.5. The van der Waals surface area contributed by atoms with Crippen LogP contribution in [0.3, 0.4) is 0 Å². The highest BCUT2D eigenvalue weighted by Gasteiger charge is 2.19. The number of aryl methyl sites for hydroxylation is 1. The molecule has 16 heavy (non-hydrogen) atoms. The van der Waals surface area contributed by atoms with Crippen molar-refractivity contribution in [3.63, 3.8) is 0 Å². The van der Waals surface area contributed by atoms with Gasteiger partial charge in [0.25, 0.3) is 0 Å². The van der Waals surface area contributed by atoms with Crippen LogP contribution in [0.15, 0.2) is 12.3 Å². The van der Waals surface area contributed by atoms with Gasteiger partial charge in [0.15, 0.2) is 0 Å². The molecule has 1 fully saturated rings. The molecule has 0 saturated heterocycles. The number of nitrogens with zero attached hydrogens (tertiary/aromatic N) is 2. The summed E-state index contributed by atoms with van der Waals surface area (Å²) in [5.74, 6) is 2.55. The minimum absolute atomic E-state index is 0.770. The Morgan fingerprint density at radius 3 is 2.62 bits per heavy atom. The number of aromatic nitrogens is 2. The first-order valence-corrected chi connectivity index (χ1v) is 6.21. The van der Waals surface area contributed by atoms with Gasteiger partial charge in [-0.2, -0.15) is 5.10 Å². The molecule has 0 aromatic carbocycles. The number of anilines is 1. The van der Waals surface area contributed by atoms with Crippen molar-refractivity contribution in [3.8, 4) is 0 Å². The van der Waals surface area contributed by atoms with Crippen LogP contribution in [0.2, 0.25) is 0 Å². The normalized spacial score (nSPS) is 25.6. The van der Waals surface area contributed by atoms with Crippen molar-refractivity contribution in [1.82, 2.24) is 9.78 Å². The molecule has 1 heterocycles.